The summed E-state index contributed by atoms with van der Waals surface area (Å²) in [5.74, 6) is -5.50. The van der Waals surface area contributed by atoms with Gasteiger partial charge >= 0.3 is 5.97 Å². The summed E-state index contributed by atoms with van der Waals surface area (Å²) in [6.45, 7) is 1.87. The van der Waals surface area contributed by atoms with Gasteiger partial charge in [0.05, 0.1) is 11.9 Å². The van der Waals surface area contributed by atoms with Crippen molar-refractivity contribution in [3.63, 3.8) is 0 Å². The maximum atomic E-state index is 13.9. The minimum atomic E-state index is -3.39. The zero-order valence-electron chi connectivity index (χ0n) is 23.5. The second-order valence-corrected chi connectivity index (χ2v) is 13.0. The third-order valence-electron chi connectivity index (χ3n) is 8.40. The van der Waals surface area contributed by atoms with E-state index in [0.717, 1.165) is 59.8 Å². The number of anilines is 1. The molecule has 1 amide bonds. The number of carboxylic acids is 1. The lowest BCUT2D eigenvalue weighted by atomic mass is 9.84. The maximum absolute atomic E-state index is 13.9. The fraction of sp³-hybridized carbons (Fsp3) is 0.400. The first kappa shape index (κ1) is 30.6. The number of rotatable bonds is 8. The Morgan fingerprint density at radius 3 is 2.37 bits per heavy atom. The average Bonchev–Trinajstić information content (AvgIpc) is 3.38. The molecule has 2 aliphatic rings. The number of likely N-dealkylation sites (tertiary alicyclic amines) is 2. The molecular formula is C30H33F3N4O5S. The number of H-pyrrole nitrogens is 1. The molecule has 1 atom stereocenters. The lowest BCUT2D eigenvalue weighted by molar-refractivity contribution is -0.147. The van der Waals surface area contributed by atoms with Crippen LogP contribution in [-0.4, -0.2) is 78.7 Å². The normalized spacial score (nSPS) is 18.4. The third-order valence-corrected chi connectivity index (χ3v) is 9.01. The number of halogens is 3. The first-order valence-corrected chi connectivity index (χ1v) is 16.0. The van der Waals surface area contributed by atoms with Crippen LogP contribution in [0.3, 0.4) is 0 Å². The van der Waals surface area contributed by atoms with Crippen LogP contribution in [0.25, 0.3) is 17.0 Å². The Balaban J connectivity index is 1.17. The molecule has 2 fully saturated rings. The Kier molecular flexibility index (Phi) is 8.84. The monoisotopic (exact) mass is 618 g/mol. The van der Waals surface area contributed by atoms with Gasteiger partial charge in [0.25, 0.3) is 0 Å². The highest BCUT2D eigenvalue weighted by Crippen LogP contribution is 2.36. The molecule has 3 N–H and O–H groups in total. The summed E-state index contributed by atoms with van der Waals surface area (Å²) in [4.78, 5) is 31.8. The lowest BCUT2D eigenvalue weighted by Crippen LogP contribution is -2.52. The van der Waals surface area contributed by atoms with E-state index < -0.39 is 45.4 Å². The SMILES string of the molecule is CS(=O)(=O)Nc1ccc2c(C3CCN(C(C(=O)O)C4CCN(C(=O)C=Cc5ccc(F)c(F)c5F)CC4)CC3)c[nH]c2c1. The van der Waals surface area contributed by atoms with Crippen molar-refractivity contribution in [2.75, 3.05) is 37.2 Å². The number of aliphatic carboxylic acids is 1. The number of fused-ring (bicyclic) bond motifs is 1. The first-order chi connectivity index (χ1) is 20.4. The number of nitrogens with zero attached hydrogens (tertiary/aromatic N) is 2. The van der Waals surface area contributed by atoms with Gasteiger partial charge < -0.3 is 15.0 Å². The Labute approximate surface area is 247 Å². The number of hydrogen-bond donors (Lipinski definition) is 3. The van der Waals surface area contributed by atoms with Crippen molar-refractivity contribution in [1.82, 2.24) is 14.8 Å². The topological polar surface area (TPSA) is 123 Å². The summed E-state index contributed by atoms with van der Waals surface area (Å²) in [6, 6.07) is 6.53. The van der Waals surface area contributed by atoms with E-state index >= 15 is 0 Å². The van der Waals surface area contributed by atoms with Crippen LogP contribution in [0.5, 0.6) is 0 Å². The van der Waals surface area contributed by atoms with Gasteiger partial charge in [-0.25, -0.2) is 21.6 Å². The van der Waals surface area contributed by atoms with E-state index in [4.69, 9.17) is 0 Å². The number of hydrogen-bond acceptors (Lipinski definition) is 5. The van der Waals surface area contributed by atoms with Gasteiger partial charge in [-0.3, -0.25) is 19.2 Å². The zero-order chi connectivity index (χ0) is 30.9. The molecule has 2 aromatic carbocycles. The molecule has 3 heterocycles. The highest BCUT2D eigenvalue weighted by molar-refractivity contribution is 7.92. The number of aromatic amines is 1. The van der Waals surface area contributed by atoms with Gasteiger partial charge in [-0.1, -0.05) is 6.07 Å². The molecule has 0 saturated carbocycles. The number of nitrogens with one attached hydrogen (secondary N) is 2. The lowest BCUT2D eigenvalue weighted by Gasteiger charge is -2.41. The molecular weight excluding hydrogens is 585 g/mol. The summed E-state index contributed by atoms with van der Waals surface area (Å²) in [7, 11) is -3.39. The van der Waals surface area contributed by atoms with Gasteiger partial charge in [0.1, 0.15) is 6.04 Å². The first-order valence-electron chi connectivity index (χ1n) is 14.1. The van der Waals surface area contributed by atoms with Crippen LogP contribution >= 0.6 is 0 Å². The fourth-order valence-electron chi connectivity index (χ4n) is 6.28. The summed E-state index contributed by atoms with van der Waals surface area (Å²) in [5.41, 5.74) is 2.18. The van der Waals surface area contributed by atoms with E-state index in [1.807, 2.05) is 17.2 Å². The maximum Gasteiger partial charge on any atom is 0.321 e. The Morgan fingerprint density at radius 2 is 1.72 bits per heavy atom. The van der Waals surface area contributed by atoms with E-state index in [0.29, 0.717) is 44.7 Å². The van der Waals surface area contributed by atoms with Crippen molar-refractivity contribution in [2.45, 2.75) is 37.6 Å². The molecule has 0 spiro atoms. The van der Waals surface area contributed by atoms with Crippen molar-refractivity contribution < 1.29 is 36.3 Å². The van der Waals surface area contributed by atoms with Gasteiger partial charge in [0.15, 0.2) is 17.5 Å². The van der Waals surface area contributed by atoms with E-state index in [1.54, 1.807) is 17.0 Å². The molecule has 9 nitrogen and oxygen atoms in total. The molecule has 2 aliphatic heterocycles. The number of benzene rings is 2. The van der Waals surface area contributed by atoms with E-state index in [9.17, 15) is 36.3 Å². The summed E-state index contributed by atoms with van der Waals surface area (Å²) < 4.78 is 66.1. The summed E-state index contributed by atoms with van der Waals surface area (Å²) in [5, 5.41) is 11.2. The quantitative estimate of drug-likeness (QED) is 0.252. The molecule has 0 radical (unpaired) electrons. The second kappa shape index (κ2) is 12.4. The zero-order valence-corrected chi connectivity index (χ0v) is 24.3. The standard InChI is InChI=1S/C30H33F3N4O5S/c1-43(41,42)35-21-4-5-22-23(17-34-25(22)16-21)18-8-14-37(15-9-18)29(30(39)40)20-10-12-36(13-11-20)26(38)7-3-19-2-6-24(31)28(33)27(19)32/h2-7,16-18,20,29,34-35H,8-15H2,1H3,(H,39,40). The molecule has 230 valence electrons. The van der Waals surface area contributed by atoms with Gasteiger partial charge in [-0.2, -0.15) is 0 Å². The van der Waals surface area contributed by atoms with E-state index in [1.165, 1.54) is 0 Å². The minimum absolute atomic E-state index is 0.153. The van der Waals surface area contributed by atoms with Crippen LogP contribution in [0, 0.1) is 23.4 Å². The fourth-order valence-corrected chi connectivity index (χ4v) is 6.84. The van der Waals surface area contributed by atoms with Crippen molar-refractivity contribution in [2.24, 2.45) is 5.92 Å². The molecule has 0 aliphatic carbocycles. The van der Waals surface area contributed by atoms with Crippen molar-refractivity contribution in [3.05, 3.63) is 71.2 Å². The van der Waals surface area contributed by atoms with Crippen molar-refractivity contribution >= 4 is 44.6 Å². The Hall–Kier alpha value is -3.84. The van der Waals surface area contributed by atoms with Crippen molar-refractivity contribution in [1.29, 1.82) is 0 Å². The average molecular weight is 619 g/mol. The second-order valence-electron chi connectivity index (χ2n) is 11.2. The van der Waals surface area contributed by atoms with Crippen LogP contribution in [0.4, 0.5) is 18.9 Å². The van der Waals surface area contributed by atoms with E-state index in [2.05, 4.69) is 9.71 Å². The number of amides is 1. The smallest absolute Gasteiger partial charge is 0.321 e. The molecule has 0 bridgehead atoms. The number of carbonyl (C=O) groups is 2. The third kappa shape index (κ3) is 6.88. The molecule has 13 heteroatoms. The highest BCUT2D eigenvalue weighted by Gasteiger charge is 2.38. The minimum Gasteiger partial charge on any atom is -0.480 e. The molecule has 43 heavy (non-hydrogen) atoms. The number of aromatic nitrogens is 1. The van der Waals surface area contributed by atoms with Crippen LogP contribution in [-0.2, 0) is 19.6 Å². The largest absolute Gasteiger partial charge is 0.480 e. The predicted octanol–water partition coefficient (Wildman–Crippen LogP) is 4.54. The molecule has 2 saturated heterocycles. The molecule has 1 aromatic heterocycles. The Bertz CT molecular complexity index is 1660. The number of carbonyl (C=O) groups excluding carboxylic acids is 1. The van der Waals surface area contributed by atoms with Crippen LogP contribution in [0.1, 0.15) is 42.7 Å². The van der Waals surface area contributed by atoms with Gasteiger partial charge in [0.2, 0.25) is 15.9 Å². The number of sulfonamides is 1. The number of carboxylic acid groups (broad SMARTS) is 1. The molecule has 5 rings (SSSR count). The highest BCUT2D eigenvalue weighted by atomic mass is 32.2. The van der Waals surface area contributed by atoms with Crippen molar-refractivity contribution in [3.8, 4) is 0 Å². The van der Waals surface area contributed by atoms with Crippen LogP contribution in [0.15, 0.2) is 42.6 Å². The van der Waals surface area contributed by atoms with E-state index in [-0.39, 0.29) is 17.4 Å². The van der Waals surface area contributed by atoms with Gasteiger partial charge in [-0.15, -0.1) is 0 Å². The summed E-state index contributed by atoms with van der Waals surface area (Å²) >= 11 is 0. The van der Waals surface area contributed by atoms with Crippen LogP contribution < -0.4 is 4.72 Å². The molecule has 3 aromatic rings. The number of piperidine rings is 2. The Morgan fingerprint density at radius 1 is 1.02 bits per heavy atom. The van der Waals surface area contributed by atoms with Crippen LogP contribution in [0.2, 0.25) is 0 Å². The predicted molar refractivity (Wildman–Crippen MR) is 156 cm³/mol. The van der Waals surface area contributed by atoms with Gasteiger partial charge in [-0.05, 0) is 86.5 Å². The van der Waals surface area contributed by atoms with Gasteiger partial charge in [0, 0.05) is 41.8 Å². The molecule has 1 unspecified atom stereocenters. The summed E-state index contributed by atoms with van der Waals surface area (Å²) in [6.07, 6.45) is 7.77.